The van der Waals surface area contributed by atoms with Crippen LogP contribution >= 0.6 is 0 Å². The number of piperidine rings is 1. The summed E-state index contributed by atoms with van der Waals surface area (Å²) in [6.07, 6.45) is 1.04. The molecule has 0 bridgehead atoms. The van der Waals surface area contributed by atoms with E-state index >= 15 is 0 Å². The maximum Gasteiger partial charge on any atom is 0.225 e. The molecule has 2 heterocycles. The molecule has 8 nitrogen and oxygen atoms in total. The van der Waals surface area contributed by atoms with Gasteiger partial charge in [0, 0.05) is 45.2 Å². The summed E-state index contributed by atoms with van der Waals surface area (Å²) in [5.41, 5.74) is 0.750. The van der Waals surface area contributed by atoms with E-state index in [2.05, 4.69) is 0 Å². The Kier molecular flexibility index (Phi) is 6.98. The normalized spacial score (nSPS) is 20.7. The van der Waals surface area contributed by atoms with Gasteiger partial charge in [-0.15, -0.1) is 0 Å². The smallest absolute Gasteiger partial charge is 0.225 e. The van der Waals surface area contributed by atoms with Gasteiger partial charge in [-0.1, -0.05) is 30.3 Å². The molecule has 0 saturated carbocycles. The molecule has 29 heavy (non-hydrogen) atoms. The van der Waals surface area contributed by atoms with Crippen LogP contribution in [0.2, 0.25) is 0 Å². The first kappa shape index (κ1) is 22.2. The molecule has 0 aromatic heterocycles. The minimum absolute atomic E-state index is 0.0126. The van der Waals surface area contributed by atoms with Crippen LogP contribution in [0, 0.1) is 5.92 Å². The highest BCUT2D eigenvalue weighted by Gasteiger charge is 2.35. The van der Waals surface area contributed by atoms with Gasteiger partial charge in [-0.25, -0.2) is 21.1 Å². The second-order valence-electron chi connectivity index (χ2n) is 7.54. The summed E-state index contributed by atoms with van der Waals surface area (Å²) in [4.78, 5) is 14.5. The van der Waals surface area contributed by atoms with Crippen molar-refractivity contribution in [1.82, 2.24) is 13.5 Å². The van der Waals surface area contributed by atoms with Crippen LogP contribution < -0.4 is 0 Å². The number of carbonyl (C=O) groups excluding carboxylic acids is 1. The largest absolute Gasteiger partial charge is 0.340 e. The Morgan fingerprint density at radius 1 is 0.862 bits per heavy atom. The highest BCUT2D eigenvalue weighted by Crippen LogP contribution is 2.23. The van der Waals surface area contributed by atoms with Gasteiger partial charge < -0.3 is 4.90 Å². The predicted molar refractivity (Wildman–Crippen MR) is 111 cm³/mol. The van der Waals surface area contributed by atoms with Crippen LogP contribution in [0.5, 0.6) is 0 Å². The lowest BCUT2D eigenvalue weighted by Crippen LogP contribution is -2.53. The zero-order valence-electron chi connectivity index (χ0n) is 16.7. The molecule has 0 radical (unpaired) electrons. The molecule has 162 valence electrons. The van der Waals surface area contributed by atoms with Crippen molar-refractivity contribution >= 4 is 26.0 Å². The Hall–Kier alpha value is -1.49. The number of amides is 1. The lowest BCUT2D eigenvalue weighted by atomic mass is 9.96. The summed E-state index contributed by atoms with van der Waals surface area (Å²) >= 11 is 0. The van der Waals surface area contributed by atoms with E-state index < -0.39 is 20.0 Å². The van der Waals surface area contributed by atoms with Crippen molar-refractivity contribution in [2.24, 2.45) is 5.92 Å². The monoisotopic (exact) mass is 443 g/mol. The molecule has 10 heteroatoms. The molecule has 2 fully saturated rings. The average Bonchev–Trinajstić information content (AvgIpc) is 2.74. The number of hydrogen-bond acceptors (Lipinski definition) is 5. The maximum atomic E-state index is 12.8. The van der Waals surface area contributed by atoms with Gasteiger partial charge in [-0.05, 0) is 25.3 Å². The fourth-order valence-electron chi connectivity index (χ4n) is 3.88. The molecule has 2 aliphatic heterocycles. The van der Waals surface area contributed by atoms with Crippen LogP contribution in [-0.4, -0.2) is 81.3 Å². The average molecular weight is 444 g/mol. The van der Waals surface area contributed by atoms with Crippen LogP contribution in [0.4, 0.5) is 0 Å². The molecule has 1 amide bonds. The standard InChI is InChI=1S/C19H29N3O5S2/c1-2-28(24,25)21-10-8-18(9-11-21)19(23)20-12-14-22(15-13-20)29(26,27)16-17-6-4-3-5-7-17/h3-7,18H,2,8-16H2,1H3. The fraction of sp³-hybridized carbons (Fsp3) is 0.632. The van der Waals surface area contributed by atoms with Gasteiger partial charge >= 0.3 is 0 Å². The summed E-state index contributed by atoms with van der Waals surface area (Å²) < 4.78 is 52.1. The number of carbonyl (C=O) groups is 1. The molecule has 2 saturated heterocycles. The van der Waals surface area contributed by atoms with Crippen LogP contribution in [0.15, 0.2) is 30.3 Å². The highest BCUT2D eigenvalue weighted by molar-refractivity contribution is 7.89. The molecule has 0 spiro atoms. The van der Waals surface area contributed by atoms with E-state index in [-0.39, 0.29) is 23.3 Å². The fourth-order valence-corrected chi connectivity index (χ4v) is 6.53. The minimum Gasteiger partial charge on any atom is -0.340 e. The second-order valence-corrected chi connectivity index (χ2v) is 11.8. The first-order valence-electron chi connectivity index (χ1n) is 10.0. The SMILES string of the molecule is CCS(=O)(=O)N1CCC(C(=O)N2CCN(S(=O)(=O)Cc3ccccc3)CC2)CC1. The third-order valence-electron chi connectivity index (χ3n) is 5.70. The molecule has 1 aromatic rings. The predicted octanol–water partition coefficient (Wildman–Crippen LogP) is 0.722. The van der Waals surface area contributed by atoms with Crippen LogP contribution in [-0.2, 0) is 30.6 Å². The Morgan fingerprint density at radius 2 is 1.41 bits per heavy atom. The van der Waals surface area contributed by atoms with E-state index in [0.717, 1.165) is 5.56 Å². The Balaban J connectivity index is 1.51. The number of nitrogens with zero attached hydrogens (tertiary/aromatic N) is 3. The van der Waals surface area contributed by atoms with E-state index in [4.69, 9.17) is 0 Å². The molecule has 1 aromatic carbocycles. The van der Waals surface area contributed by atoms with E-state index in [9.17, 15) is 21.6 Å². The third-order valence-corrected chi connectivity index (χ3v) is 9.43. The molecular formula is C19H29N3O5S2. The van der Waals surface area contributed by atoms with Crippen molar-refractivity contribution in [3.63, 3.8) is 0 Å². The van der Waals surface area contributed by atoms with E-state index in [1.54, 1.807) is 24.0 Å². The van der Waals surface area contributed by atoms with Gasteiger partial charge in [0.2, 0.25) is 26.0 Å². The van der Waals surface area contributed by atoms with Gasteiger partial charge in [0.1, 0.15) is 0 Å². The van der Waals surface area contributed by atoms with Crippen molar-refractivity contribution in [3.8, 4) is 0 Å². The highest BCUT2D eigenvalue weighted by atomic mass is 32.2. The van der Waals surface area contributed by atoms with Crippen molar-refractivity contribution < 1.29 is 21.6 Å². The Labute approximate surface area is 173 Å². The van der Waals surface area contributed by atoms with Crippen molar-refractivity contribution in [1.29, 1.82) is 0 Å². The van der Waals surface area contributed by atoms with E-state index in [0.29, 0.717) is 52.1 Å². The summed E-state index contributed by atoms with van der Waals surface area (Å²) in [6, 6.07) is 9.07. The van der Waals surface area contributed by atoms with E-state index in [1.807, 2.05) is 18.2 Å². The number of sulfonamides is 2. The number of piperazine rings is 1. The third kappa shape index (κ3) is 5.36. The van der Waals surface area contributed by atoms with Gasteiger partial charge in [-0.3, -0.25) is 4.79 Å². The summed E-state index contributed by atoms with van der Waals surface area (Å²) in [6.45, 7) is 3.71. The summed E-state index contributed by atoms with van der Waals surface area (Å²) in [5.74, 6) is -0.138. The summed E-state index contributed by atoms with van der Waals surface area (Å²) in [7, 11) is -6.62. The quantitative estimate of drug-likeness (QED) is 0.646. The molecule has 0 unspecified atom stereocenters. The van der Waals surface area contributed by atoms with Gasteiger partial charge in [-0.2, -0.15) is 4.31 Å². The lowest BCUT2D eigenvalue weighted by Gasteiger charge is -2.37. The molecule has 3 rings (SSSR count). The van der Waals surface area contributed by atoms with Gasteiger partial charge in [0.15, 0.2) is 0 Å². The van der Waals surface area contributed by atoms with Crippen LogP contribution in [0.25, 0.3) is 0 Å². The first-order chi connectivity index (χ1) is 13.7. The maximum absolute atomic E-state index is 12.8. The zero-order chi connectivity index (χ0) is 21.1. The van der Waals surface area contributed by atoms with Crippen molar-refractivity contribution in [2.45, 2.75) is 25.5 Å². The lowest BCUT2D eigenvalue weighted by molar-refractivity contribution is -0.137. The molecule has 0 atom stereocenters. The molecule has 0 N–H and O–H groups in total. The number of rotatable bonds is 6. The number of benzene rings is 1. The Bertz CT molecular complexity index is 902. The Morgan fingerprint density at radius 3 is 1.97 bits per heavy atom. The first-order valence-corrected chi connectivity index (χ1v) is 13.2. The molecular weight excluding hydrogens is 414 g/mol. The van der Waals surface area contributed by atoms with Crippen LogP contribution in [0.3, 0.4) is 0 Å². The van der Waals surface area contributed by atoms with E-state index in [1.165, 1.54) is 8.61 Å². The molecule has 2 aliphatic rings. The second kappa shape index (κ2) is 9.11. The van der Waals surface area contributed by atoms with Crippen molar-refractivity contribution in [2.75, 3.05) is 45.0 Å². The number of hydrogen-bond donors (Lipinski definition) is 0. The van der Waals surface area contributed by atoms with Crippen LogP contribution in [0.1, 0.15) is 25.3 Å². The van der Waals surface area contributed by atoms with Crippen molar-refractivity contribution in [3.05, 3.63) is 35.9 Å². The zero-order valence-corrected chi connectivity index (χ0v) is 18.4. The topological polar surface area (TPSA) is 95.1 Å². The molecule has 0 aliphatic carbocycles. The van der Waals surface area contributed by atoms with Gasteiger partial charge in [0.25, 0.3) is 0 Å². The van der Waals surface area contributed by atoms with Gasteiger partial charge in [0.05, 0.1) is 11.5 Å². The minimum atomic E-state index is -3.41. The summed E-state index contributed by atoms with van der Waals surface area (Å²) in [5, 5.41) is 0.